The van der Waals surface area contributed by atoms with Crippen molar-refractivity contribution in [3.8, 4) is 92.3 Å². The van der Waals surface area contributed by atoms with Crippen molar-refractivity contribution in [2.75, 3.05) is 28.4 Å². The summed E-state index contributed by atoms with van der Waals surface area (Å²) in [6, 6.07) is 34.7. The summed E-state index contributed by atoms with van der Waals surface area (Å²) in [4.78, 5) is 132. The van der Waals surface area contributed by atoms with Gasteiger partial charge in [-0.3, -0.25) is 29.0 Å². The number of fused-ring (bicyclic) bond motifs is 2. The molecule has 11 aromatic rings. The van der Waals surface area contributed by atoms with Gasteiger partial charge in [0, 0.05) is 104 Å². The van der Waals surface area contributed by atoms with Crippen LogP contribution in [0.3, 0.4) is 0 Å². The van der Waals surface area contributed by atoms with Crippen molar-refractivity contribution in [3.63, 3.8) is 0 Å². The fourth-order valence-corrected chi connectivity index (χ4v) is 15.4. The first-order valence-corrected chi connectivity index (χ1v) is 36.0. The maximum atomic E-state index is 16.6. The quantitative estimate of drug-likeness (QED) is 0.0145. The standard InChI is InChI=1S/C86H72N4O20/c1-7-71(91)109-69-41-57(33-35-87-69)107-85(97)63(31-29-47-17-9-10-18-47)89-81(93)59-43-65(103-53-25-13-21-49(37-53)99-3)75-77-67(105-55-27-15-23-51(39-55)101-5)45-61-74-62(84(96)90(83(61)95)64(32-30-48-19-11-12-20-48)86(98)108-58-34-36-88-70(42-58)110-72(92)8-2)46-68(106-56-28-16-24-52(40-56)102-6)78(80(74)77)76-66(44-60(82(89)94)73(59)79(75)76)104-54-26-14-22-50(38-54)100-4/h7-8,13-16,21-28,33-48,63-64H,1-2,9-12,17-20,29-32H2,3-6H3. The van der Waals surface area contributed by atoms with E-state index < -0.39 is 59.6 Å². The van der Waals surface area contributed by atoms with Gasteiger partial charge in [0.2, 0.25) is 11.8 Å². The Kier molecular flexibility index (Phi) is 20.2. The molecule has 110 heavy (non-hydrogen) atoms. The lowest BCUT2D eigenvalue weighted by Gasteiger charge is -2.35. The van der Waals surface area contributed by atoms with Gasteiger partial charge in [0.05, 0.1) is 50.7 Å². The van der Waals surface area contributed by atoms with Crippen molar-refractivity contribution in [1.29, 1.82) is 0 Å². The van der Waals surface area contributed by atoms with E-state index in [1.54, 1.807) is 97.1 Å². The number of imide groups is 2. The molecule has 2 aliphatic carbocycles. The SMILES string of the molecule is C=CC(=O)Oc1cc(OC(=O)C(CCC2CCCC2)N2C(=O)c3cc(Oc4cccc(OC)c4)c4c5c(Oc6cccc(OC)c6)cc6c7c(cc(Oc8cccc(OC)c8)c(c8c(Oc9cccc(OC)c9)cc(c3c48)C2=O)c75)C(=O)N(C(CCC2CCCC2)C(=O)Oc2ccnc(OC(=O)C=C)c2)C6=O)ccn1. The Balaban J connectivity index is 1.04. The number of esters is 4. The van der Waals surface area contributed by atoms with E-state index in [0.717, 1.165) is 73.3 Å². The molecule has 4 heterocycles. The van der Waals surface area contributed by atoms with Crippen molar-refractivity contribution < 1.29 is 95.2 Å². The van der Waals surface area contributed by atoms with Gasteiger partial charge in [-0.25, -0.2) is 29.1 Å². The third-order valence-electron chi connectivity index (χ3n) is 20.4. The molecular weight excluding hydrogens is 1410 g/mol. The summed E-state index contributed by atoms with van der Waals surface area (Å²) < 4.78 is 74.7. The average Bonchev–Trinajstić information content (AvgIpc) is 0.735. The Labute approximate surface area is 629 Å². The zero-order valence-corrected chi connectivity index (χ0v) is 60.3. The first-order chi connectivity index (χ1) is 53.5. The maximum absolute atomic E-state index is 16.6. The van der Waals surface area contributed by atoms with Crippen molar-refractivity contribution in [1.82, 2.24) is 19.8 Å². The van der Waals surface area contributed by atoms with E-state index in [-0.39, 0.29) is 159 Å². The zero-order valence-electron chi connectivity index (χ0n) is 60.3. The minimum atomic E-state index is -1.59. The molecule has 2 aromatic heterocycles. The molecule has 24 nitrogen and oxygen atoms in total. The number of pyridine rings is 2. The fraction of sp³-hybridized carbons (Fsp3) is 0.233. The zero-order chi connectivity index (χ0) is 76.4. The largest absolute Gasteiger partial charge is 0.497 e. The molecule has 2 fully saturated rings. The van der Waals surface area contributed by atoms with E-state index in [4.69, 9.17) is 56.8 Å². The second-order valence-corrected chi connectivity index (χ2v) is 27.0. The van der Waals surface area contributed by atoms with E-state index in [9.17, 15) is 9.59 Å². The highest BCUT2D eigenvalue weighted by Gasteiger charge is 2.48. The lowest BCUT2D eigenvalue weighted by Crippen LogP contribution is -2.52. The van der Waals surface area contributed by atoms with Gasteiger partial charge in [-0.2, -0.15) is 0 Å². The van der Waals surface area contributed by atoms with E-state index in [1.807, 2.05) is 0 Å². The normalized spacial score (nSPS) is 14.7. The Morgan fingerprint density at radius 1 is 0.382 bits per heavy atom. The highest BCUT2D eigenvalue weighted by atomic mass is 16.6. The predicted octanol–water partition coefficient (Wildman–Crippen LogP) is 17.0. The first-order valence-electron chi connectivity index (χ1n) is 36.0. The summed E-state index contributed by atoms with van der Waals surface area (Å²) in [6.07, 6.45) is 12.4. The summed E-state index contributed by atoms with van der Waals surface area (Å²) in [5, 5.41) is 0.991. The van der Waals surface area contributed by atoms with Gasteiger partial charge < -0.3 is 56.8 Å². The number of carbonyl (C=O) groups excluding carboxylic acids is 8. The van der Waals surface area contributed by atoms with Crippen LogP contribution in [0.25, 0.3) is 43.1 Å². The van der Waals surface area contributed by atoms with Crippen LogP contribution in [0.1, 0.15) is 118 Å². The Hall–Kier alpha value is -13.4. The van der Waals surface area contributed by atoms with Crippen LogP contribution in [0, 0.1) is 11.8 Å². The molecule has 2 unspecified atom stereocenters. The van der Waals surface area contributed by atoms with Gasteiger partial charge in [-0.15, -0.1) is 0 Å². The summed E-state index contributed by atoms with van der Waals surface area (Å²) in [5.74, 6) is -5.65. The molecule has 9 aromatic carbocycles. The van der Waals surface area contributed by atoms with Crippen LogP contribution in [-0.2, 0) is 19.2 Å². The fourth-order valence-electron chi connectivity index (χ4n) is 15.4. The smallest absolute Gasteiger partial charge is 0.336 e. The van der Waals surface area contributed by atoms with Crippen molar-refractivity contribution in [2.45, 2.75) is 89.1 Å². The lowest BCUT2D eigenvalue weighted by molar-refractivity contribution is -0.140. The number of rotatable bonds is 28. The molecule has 2 aliphatic heterocycles. The third-order valence-corrected chi connectivity index (χ3v) is 20.4. The number of carbonyl (C=O) groups is 8. The number of hydrogen-bond donors (Lipinski definition) is 0. The van der Waals surface area contributed by atoms with Crippen LogP contribution >= 0.6 is 0 Å². The highest BCUT2D eigenvalue weighted by Crippen LogP contribution is 2.59. The molecule has 2 atom stereocenters. The van der Waals surface area contributed by atoms with E-state index in [0.29, 0.717) is 35.8 Å². The van der Waals surface area contributed by atoms with Crippen molar-refractivity contribution in [2.24, 2.45) is 11.8 Å². The molecule has 4 amide bonds. The first kappa shape index (κ1) is 72.2. The van der Waals surface area contributed by atoms with Gasteiger partial charge >= 0.3 is 23.9 Å². The number of hydrogen-bond acceptors (Lipinski definition) is 22. The predicted molar refractivity (Wildman–Crippen MR) is 402 cm³/mol. The van der Waals surface area contributed by atoms with Crippen LogP contribution in [0.5, 0.6) is 92.3 Å². The van der Waals surface area contributed by atoms with Crippen LogP contribution in [0.4, 0.5) is 0 Å². The minimum absolute atomic E-state index is 0.0345. The lowest BCUT2D eigenvalue weighted by atomic mass is 9.80. The van der Waals surface area contributed by atoms with Crippen LogP contribution in [0.2, 0.25) is 0 Å². The second kappa shape index (κ2) is 30.8. The van der Waals surface area contributed by atoms with E-state index >= 15 is 28.8 Å². The molecule has 0 bridgehead atoms. The Bertz CT molecular complexity index is 5020. The topological polar surface area (TPSA) is 280 Å². The molecule has 24 heteroatoms. The number of methoxy groups -OCH3 is 4. The Morgan fingerprint density at radius 2 is 0.673 bits per heavy atom. The molecule has 2 saturated carbocycles. The molecule has 15 rings (SSSR count). The summed E-state index contributed by atoms with van der Waals surface area (Å²) >= 11 is 0. The number of amides is 4. The Morgan fingerprint density at radius 3 is 0.955 bits per heavy atom. The monoisotopic (exact) mass is 1480 g/mol. The second-order valence-electron chi connectivity index (χ2n) is 27.0. The van der Waals surface area contributed by atoms with Crippen LogP contribution in [-0.4, -0.2) is 108 Å². The maximum Gasteiger partial charge on any atom is 0.336 e. The van der Waals surface area contributed by atoms with Gasteiger partial charge in [-0.1, -0.05) is 88.8 Å². The summed E-state index contributed by atoms with van der Waals surface area (Å²) in [5.41, 5.74) is -0.487. The minimum Gasteiger partial charge on any atom is -0.497 e. The molecular formula is C86H72N4O20. The van der Waals surface area contributed by atoms with Crippen molar-refractivity contribution >= 4 is 90.6 Å². The van der Waals surface area contributed by atoms with E-state index in [2.05, 4.69) is 23.1 Å². The van der Waals surface area contributed by atoms with Gasteiger partial charge in [0.15, 0.2) is 0 Å². The summed E-state index contributed by atoms with van der Waals surface area (Å²) in [7, 11) is 5.95. The number of ether oxygens (including phenoxy) is 12. The van der Waals surface area contributed by atoms with Crippen molar-refractivity contribution in [3.05, 3.63) is 206 Å². The molecule has 0 saturated heterocycles. The molecule has 0 radical (unpaired) electrons. The molecule has 4 aliphatic rings. The average molecular weight is 1480 g/mol. The van der Waals surface area contributed by atoms with Crippen LogP contribution < -0.4 is 56.8 Å². The molecule has 0 spiro atoms. The summed E-state index contributed by atoms with van der Waals surface area (Å²) in [6.45, 7) is 6.92. The number of nitrogens with zero attached hydrogens (tertiary/aromatic N) is 4. The van der Waals surface area contributed by atoms with Gasteiger partial charge in [-0.05, 0) is 122 Å². The number of benzene rings is 9. The van der Waals surface area contributed by atoms with Gasteiger partial charge in [0.1, 0.15) is 92.6 Å². The highest BCUT2D eigenvalue weighted by molar-refractivity contribution is 6.45. The molecule has 0 N–H and O–H groups in total. The number of aromatic nitrogens is 2. The molecule has 556 valence electrons. The van der Waals surface area contributed by atoms with E-state index in [1.165, 1.54) is 89.4 Å². The van der Waals surface area contributed by atoms with Crippen LogP contribution in [0.15, 0.2) is 183 Å². The van der Waals surface area contributed by atoms with Gasteiger partial charge in [0.25, 0.3) is 23.6 Å². The third kappa shape index (κ3) is 14.1.